The van der Waals surface area contributed by atoms with Crippen LogP contribution in [0.2, 0.25) is 0 Å². The number of carbonyl (C=O) groups is 1. The minimum Gasteiger partial charge on any atom is -0.497 e. The average molecular weight is 404 g/mol. The van der Waals surface area contributed by atoms with Crippen LogP contribution in [0.5, 0.6) is 11.5 Å². The van der Waals surface area contributed by atoms with E-state index in [1.165, 1.54) is 22.7 Å². The molecule has 28 heavy (non-hydrogen) atoms. The lowest BCUT2D eigenvalue weighted by atomic mass is 10.3. The van der Waals surface area contributed by atoms with Gasteiger partial charge in [-0.15, -0.1) is 10.2 Å². The summed E-state index contributed by atoms with van der Waals surface area (Å²) in [5.41, 5.74) is 0.388. The Balaban J connectivity index is 1.61. The molecule has 0 spiro atoms. The summed E-state index contributed by atoms with van der Waals surface area (Å²) < 4.78 is 22.6. The summed E-state index contributed by atoms with van der Waals surface area (Å²) in [4.78, 5) is 11.9. The first kappa shape index (κ1) is 19.6. The zero-order valence-corrected chi connectivity index (χ0v) is 16.3. The summed E-state index contributed by atoms with van der Waals surface area (Å²) in [5, 5.41) is 8.58. The molecular formula is C18H20N4O5S. The molecule has 0 unspecified atom stereocenters. The molecule has 0 saturated heterocycles. The molecule has 0 aliphatic carbocycles. The van der Waals surface area contributed by atoms with E-state index in [4.69, 9.17) is 24.5 Å². The van der Waals surface area contributed by atoms with E-state index >= 15 is 0 Å². The molecule has 2 aromatic heterocycles. The van der Waals surface area contributed by atoms with Crippen LogP contribution in [0, 0.1) is 0 Å². The lowest BCUT2D eigenvalue weighted by Crippen LogP contribution is -2.15. The number of nitrogen functional groups attached to an aromatic ring is 1. The highest BCUT2D eigenvalue weighted by atomic mass is 32.2. The second-order valence-electron chi connectivity index (χ2n) is 5.50. The maximum Gasteiger partial charge on any atom is 0.341 e. The van der Waals surface area contributed by atoms with Crippen molar-refractivity contribution in [1.29, 1.82) is 0 Å². The van der Waals surface area contributed by atoms with E-state index in [1.54, 1.807) is 26.2 Å². The Kier molecular flexibility index (Phi) is 6.43. The summed E-state index contributed by atoms with van der Waals surface area (Å²) in [6, 6.07) is 8.80. The number of nitrogens with zero attached hydrogens (tertiary/aromatic N) is 3. The Morgan fingerprint density at radius 2 is 2.11 bits per heavy atom. The van der Waals surface area contributed by atoms with Gasteiger partial charge in [0.05, 0.1) is 25.7 Å². The van der Waals surface area contributed by atoms with Crippen LogP contribution < -0.4 is 15.3 Å². The summed E-state index contributed by atoms with van der Waals surface area (Å²) in [7, 11) is 1.59. The van der Waals surface area contributed by atoms with Gasteiger partial charge < -0.3 is 24.5 Å². The Morgan fingerprint density at radius 3 is 2.89 bits per heavy atom. The predicted molar refractivity (Wildman–Crippen MR) is 102 cm³/mol. The van der Waals surface area contributed by atoms with Gasteiger partial charge in [-0.1, -0.05) is 17.8 Å². The van der Waals surface area contributed by atoms with E-state index in [2.05, 4.69) is 10.2 Å². The van der Waals surface area contributed by atoms with Gasteiger partial charge in [0.15, 0.2) is 5.82 Å². The average Bonchev–Trinajstić information content (AvgIpc) is 3.32. The zero-order valence-electron chi connectivity index (χ0n) is 15.5. The van der Waals surface area contributed by atoms with Gasteiger partial charge in [0.25, 0.3) is 0 Å². The van der Waals surface area contributed by atoms with E-state index in [-0.39, 0.29) is 6.61 Å². The third-order valence-electron chi connectivity index (χ3n) is 3.72. The number of hydrogen-bond donors (Lipinski definition) is 1. The number of nitrogens with two attached hydrogens (primary N) is 1. The Labute approximate surface area is 165 Å². The normalized spacial score (nSPS) is 10.6. The quantitative estimate of drug-likeness (QED) is 0.326. The van der Waals surface area contributed by atoms with Crippen LogP contribution in [0.15, 0.2) is 46.2 Å². The fraction of sp³-hybridized carbons (Fsp3) is 0.278. The van der Waals surface area contributed by atoms with E-state index in [9.17, 15) is 4.79 Å². The Bertz CT molecular complexity index is 940. The van der Waals surface area contributed by atoms with Crippen molar-refractivity contribution >= 4 is 17.7 Å². The number of methoxy groups -OCH3 is 1. The molecule has 3 aromatic rings. The maximum absolute atomic E-state index is 11.9. The van der Waals surface area contributed by atoms with Gasteiger partial charge in [-0.3, -0.25) is 0 Å². The van der Waals surface area contributed by atoms with Crippen molar-refractivity contribution in [3.63, 3.8) is 0 Å². The molecule has 10 heteroatoms. The lowest BCUT2D eigenvalue weighted by Gasteiger charge is -2.07. The van der Waals surface area contributed by atoms with E-state index in [0.29, 0.717) is 46.2 Å². The van der Waals surface area contributed by atoms with E-state index in [0.717, 1.165) is 0 Å². The number of carbonyl (C=O) groups excluding carboxylic acids is 1. The van der Waals surface area contributed by atoms with Gasteiger partial charge in [0.1, 0.15) is 29.4 Å². The number of esters is 1. The summed E-state index contributed by atoms with van der Waals surface area (Å²) in [5.74, 6) is 8.25. The van der Waals surface area contributed by atoms with E-state index < -0.39 is 5.97 Å². The van der Waals surface area contributed by atoms with Gasteiger partial charge in [-0.2, -0.15) is 0 Å². The van der Waals surface area contributed by atoms with Crippen LogP contribution in [0.25, 0.3) is 0 Å². The second kappa shape index (κ2) is 9.18. The molecule has 0 fully saturated rings. The molecule has 2 heterocycles. The largest absolute Gasteiger partial charge is 0.497 e. The minimum absolute atomic E-state index is 0.145. The van der Waals surface area contributed by atoms with Crippen molar-refractivity contribution in [3.05, 3.63) is 53.7 Å². The third kappa shape index (κ3) is 4.58. The van der Waals surface area contributed by atoms with Crippen molar-refractivity contribution in [1.82, 2.24) is 14.9 Å². The van der Waals surface area contributed by atoms with Crippen LogP contribution in [-0.4, -0.2) is 34.6 Å². The SMILES string of the molecule is CCOC(=O)c1ccoc1CSc1nnc(COc2cccc(OC)c2)n1N. The van der Waals surface area contributed by atoms with Crippen LogP contribution in [-0.2, 0) is 17.1 Å². The van der Waals surface area contributed by atoms with E-state index in [1.807, 2.05) is 18.2 Å². The minimum atomic E-state index is -0.423. The topological polar surface area (TPSA) is 115 Å². The third-order valence-corrected chi connectivity index (χ3v) is 4.66. The summed E-state index contributed by atoms with van der Waals surface area (Å²) in [6.07, 6.45) is 1.45. The number of aromatic nitrogens is 3. The molecule has 148 valence electrons. The first-order valence-corrected chi connectivity index (χ1v) is 9.43. The number of thioether (sulfide) groups is 1. The molecule has 9 nitrogen and oxygen atoms in total. The van der Waals surface area contributed by atoms with Gasteiger partial charge in [-0.25, -0.2) is 9.47 Å². The predicted octanol–water partition coefficient (Wildman–Crippen LogP) is 2.64. The molecule has 0 radical (unpaired) electrons. The molecule has 0 saturated carbocycles. The van der Waals surface area contributed by atoms with Gasteiger partial charge in [0.2, 0.25) is 5.16 Å². The first-order chi connectivity index (χ1) is 13.6. The molecule has 0 bridgehead atoms. The number of benzene rings is 1. The molecule has 0 amide bonds. The molecule has 0 atom stereocenters. The highest BCUT2D eigenvalue weighted by Crippen LogP contribution is 2.25. The maximum atomic E-state index is 11.9. The van der Waals surface area contributed by atoms with Gasteiger partial charge >= 0.3 is 5.97 Å². The van der Waals surface area contributed by atoms with Gasteiger partial charge in [0, 0.05) is 6.07 Å². The number of ether oxygens (including phenoxy) is 3. The fourth-order valence-electron chi connectivity index (χ4n) is 2.32. The molecular weight excluding hydrogens is 384 g/mol. The summed E-state index contributed by atoms with van der Waals surface area (Å²) in [6.45, 7) is 2.19. The Hall–Kier alpha value is -3.14. The van der Waals surface area contributed by atoms with Crippen LogP contribution in [0.3, 0.4) is 0 Å². The smallest absolute Gasteiger partial charge is 0.341 e. The number of rotatable bonds is 9. The van der Waals surface area contributed by atoms with Gasteiger partial charge in [-0.05, 0) is 25.1 Å². The first-order valence-electron chi connectivity index (χ1n) is 8.44. The molecule has 0 aliphatic rings. The standard InChI is InChI=1S/C18H20N4O5S/c1-3-25-17(23)14-7-8-26-15(14)11-28-18-21-20-16(22(18)19)10-27-13-6-4-5-12(9-13)24-2/h4-9H,3,10-11,19H2,1-2H3. The highest BCUT2D eigenvalue weighted by Gasteiger charge is 2.18. The van der Waals surface area contributed by atoms with Crippen LogP contribution >= 0.6 is 11.8 Å². The second-order valence-corrected chi connectivity index (χ2v) is 6.45. The lowest BCUT2D eigenvalue weighted by molar-refractivity contribution is 0.0524. The van der Waals surface area contributed by atoms with Crippen molar-refractivity contribution in [2.75, 3.05) is 19.6 Å². The monoisotopic (exact) mass is 404 g/mol. The molecule has 3 rings (SSSR count). The zero-order chi connectivity index (χ0) is 19.9. The van der Waals surface area contributed by atoms with Crippen molar-refractivity contribution in [2.24, 2.45) is 0 Å². The van der Waals surface area contributed by atoms with Crippen molar-refractivity contribution < 1.29 is 23.4 Å². The van der Waals surface area contributed by atoms with Crippen molar-refractivity contribution in [2.45, 2.75) is 24.4 Å². The van der Waals surface area contributed by atoms with Crippen LogP contribution in [0.4, 0.5) is 0 Å². The van der Waals surface area contributed by atoms with Crippen molar-refractivity contribution in [3.8, 4) is 11.5 Å². The van der Waals surface area contributed by atoms with Crippen LogP contribution in [0.1, 0.15) is 28.9 Å². The fourth-order valence-corrected chi connectivity index (χ4v) is 3.14. The molecule has 0 aliphatic heterocycles. The summed E-state index contributed by atoms with van der Waals surface area (Å²) >= 11 is 1.29. The Morgan fingerprint density at radius 1 is 1.29 bits per heavy atom. The number of furan rings is 1. The molecule has 2 N–H and O–H groups in total. The number of hydrogen-bond acceptors (Lipinski definition) is 9. The molecule has 1 aromatic carbocycles. The highest BCUT2D eigenvalue weighted by molar-refractivity contribution is 7.98.